The molecule has 4 unspecified atom stereocenters. The number of oxime groups is 1. The highest BCUT2D eigenvalue weighted by molar-refractivity contribution is 5.99. The lowest BCUT2D eigenvalue weighted by Crippen LogP contribution is -2.60. The highest BCUT2D eigenvalue weighted by atomic mass is 19.1. The minimum Gasteiger partial charge on any atom is -0.496 e. The fourth-order valence-corrected chi connectivity index (χ4v) is 6.08. The van der Waals surface area contributed by atoms with E-state index in [1.165, 1.54) is 12.1 Å². The molecular weight excluding hydrogens is 464 g/mol. The van der Waals surface area contributed by atoms with Crippen molar-refractivity contribution in [3.63, 3.8) is 0 Å². The molecule has 2 aromatic rings. The van der Waals surface area contributed by atoms with Crippen LogP contribution in [0.25, 0.3) is 0 Å². The number of hydrogen-bond acceptors (Lipinski definition) is 6. The predicted octanol–water partition coefficient (Wildman–Crippen LogP) is 4.87. The zero-order valence-corrected chi connectivity index (χ0v) is 20.4. The standard InChI is InChI=1S/C28H29F2N3O3/c1-17-6-8-27(16-31-17)14-23(27)22-5-4-18(10-24(22)35-2)26-32-36-15-25-28(34,7-3-9-33(25)26)19-11-20(29)13-21(30)12-19/h4-6,10-13,16,23,25,34H,3,7-9,14-15H2,1-2H3. The first kappa shape index (κ1) is 23.2. The minimum atomic E-state index is -1.47. The first-order valence-corrected chi connectivity index (χ1v) is 12.4. The van der Waals surface area contributed by atoms with Gasteiger partial charge in [-0.25, -0.2) is 8.78 Å². The van der Waals surface area contributed by atoms with Crippen molar-refractivity contribution in [3.8, 4) is 5.75 Å². The van der Waals surface area contributed by atoms with E-state index in [0.29, 0.717) is 31.1 Å². The van der Waals surface area contributed by atoms with Gasteiger partial charge in [0.05, 0.1) is 7.11 Å². The predicted molar refractivity (Wildman–Crippen MR) is 132 cm³/mol. The quantitative estimate of drug-likeness (QED) is 0.660. The van der Waals surface area contributed by atoms with E-state index >= 15 is 0 Å². The van der Waals surface area contributed by atoms with Crippen LogP contribution < -0.4 is 4.74 Å². The Kier molecular flexibility index (Phi) is 5.41. The lowest BCUT2D eigenvalue weighted by Gasteiger charge is -2.49. The van der Waals surface area contributed by atoms with Crippen LogP contribution in [0.1, 0.15) is 55.2 Å². The van der Waals surface area contributed by atoms with Crippen molar-refractivity contribution in [2.75, 3.05) is 20.3 Å². The second kappa shape index (κ2) is 8.40. The number of benzene rings is 2. The SMILES string of the molecule is COc1cc(C2=NOCC3N2CCCC3(O)c2cc(F)cc(F)c2)ccc1C1CC12C=NC(C)=CC2. The van der Waals surface area contributed by atoms with E-state index in [2.05, 4.69) is 28.5 Å². The highest BCUT2D eigenvalue weighted by Crippen LogP contribution is 2.63. The number of methoxy groups -OCH3 is 1. The van der Waals surface area contributed by atoms with Gasteiger partial charge in [-0.1, -0.05) is 23.4 Å². The van der Waals surface area contributed by atoms with Crippen LogP contribution >= 0.6 is 0 Å². The highest BCUT2D eigenvalue weighted by Gasteiger charge is 2.54. The molecule has 1 N–H and O–H groups in total. The molecule has 3 heterocycles. The van der Waals surface area contributed by atoms with Crippen molar-refractivity contribution in [1.29, 1.82) is 0 Å². The lowest BCUT2D eigenvalue weighted by atomic mass is 9.78. The number of piperidine rings is 1. The Labute approximate surface area is 208 Å². The van der Waals surface area contributed by atoms with E-state index in [0.717, 1.165) is 41.5 Å². The summed E-state index contributed by atoms with van der Waals surface area (Å²) in [6.45, 7) is 2.78. The molecule has 188 valence electrons. The van der Waals surface area contributed by atoms with Crippen LogP contribution in [0.3, 0.4) is 0 Å². The van der Waals surface area contributed by atoms with Gasteiger partial charge < -0.3 is 19.6 Å². The van der Waals surface area contributed by atoms with E-state index < -0.39 is 23.3 Å². The molecule has 36 heavy (non-hydrogen) atoms. The molecule has 0 bridgehead atoms. The third-order valence-electron chi connectivity index (χ3n) is 8.19. The van der Waals surface area contributed by atoms with Crippen LogP contribution in [-0.2, 0) is 10.4 Å². The van der Waals surface area contributed by atoms with Gasteiger partial charge in [0.1, 0.15) is 35.6 Å². The molecule has 0 radical (unpaired) electrons. The molecule has 1 saturated heterocycles. The van der Waals surface area contributed by atoms with Crippen LogP contribution in [0.5, 0.6) is 5.75 Å². The maximum atomic E-state index is 14.0. The molecule has 2 aromatic carbocycles. The van der Waals surface area contributed by atoms with E-state index in [4.69, 9.17) is 9.57 Å². The van der Waals surface area contributed by atoms with Crippen LogP contribution in [0.2, 0.25) is 0 Å². The molecule has 8 heteroatoms. The van der Waals surface area contributed by atoms with Crippen molar-refractivity contribution in [1.82, 2.24) is 4.90 Å². The fourth-order valence-electron chi connectivity index (χ4n) is 6.08. The summed E-state index contributed by atoms with van der Waals surface area (Å²) in [4.78, 5) is 12.1. The Hall–Kier alpha value is -3.26. The van der Waals surface area contributed by atoms with E-state index in [1.807, 2.05) is 24.0 Å². The largest absolute Gasteiger partial charge is 0.496 e. The molecule has 4 aliphatic rings. The smallest absolute Gasteiger partial charge is 0.176 e. The molecule has 6 nitrogen and oxygen atoms in total. The zero-order chi connectivity index (χ0) is 25.1. The van der Waals surface area contributed by atoms with Gasteiger partial charge in [0, 0.05) is 35.5 Å². The van der Waals surface area contributed by atoms with Gasteiger partial charge in [0.2, 0.25) is 0 Å². The summed E-state index contributed by atoms with van der Waals surface area (Å²) in [5, 5.41) is 16.0. The lowest BCUT2D eigenvalue weighted by molar-refractivity contribution is -0.104. The fraction of sp³-hybridized carbons (Fsp3) is 0.429. The van der Waals surface area contributed by atoms with Crippen molar-refractivity contribution in [3.05, 3.63) is 76.5 Å². The van der Waals surface area contributed by atoms with Gasteiger partial charge in [-0.2, -0.15) is 0 Å². The zero-order valence-electron chi connectivity index (χ0n) is 20.4. The summed E-state index contributed by atoms with van der Waals surface area (Å²) in [6, 6.07) is 8.72. The summed E-state index contributed by atoms with van der Waals surface area (Å²) in [5.41, 5.74) is 1.80. The average molecular weight is 494 g/mol. The van der Waals surface area contributed by atoms with Crippen LogP contribution in [0.15, 0.2) is 58.3 Å². The second-order valence-electron chi connectivity index (χ2n) is 10.4. The van der Waals surface area contributed by atoms with Crippen molar-refractivity contribution in [2.24, 2.45) is 15.6 Å². The van der Waals surface area contributed by atoms with Crippen molar-refractivity contribution >= 4 is 12.1 Å². The average Bonchev–Trinajstić information content (AvgIpc) is 3.58. The molecule has 1 aliphatic carbocycles. The van der Waals surface area contributed by atoms with Gasteiger partial charge >= 0.3 is 0 Å². The van der Waals surface area contributed by atoms with Gasteiger partial charge in [-0.15, -0.1) is 0 Å². The normalized spacial score (nSPS) is 30.9. The molecule has 0 amide bonds. The van der Waals surface area contributed by atoms with E-state index in [1.54, 1.807) is 7.11 Å². The minimum absolute atomic E-state index is 0.0640. The summed E-state index contributed by atoms with van der Waals surface area (Å²) < 4.78 is 33.8. The third kappa shape index (κ3) is 3.70. The molecule has 1 spiro atoms. The van der Waals surface area contributed by atoms with E-state index in [-0.39, 0.29) is 17.6 Å². The summed E-state index contributed by atoms with van der Waals surface area (Å²) in [5.74, 6) is 0.267. The summed E-state index contributed by atoms with van der Waals surface area (Å²) >= 11 is 0. The Bertz CT molecular complexity index is 1290. The van der Waals surface area contributed by atoms with Crippen molar-refractivity contribution in [2.45, 2.75) is 50.2 Å². The number of aliphatic hydroxyl groups is 1. The number of hydrogen-bond donors (Lipinski definition) is 1. The van der Waals surface area contributed by atoms with Crippen LogP contribution in [-0.4, -0.2) is 48.4 Å². The number of rotatable bonds is 4. The number of aliphatic imine (C=N–C) groups is 1. The number of fused-ring (bicyclic) bond motifs is 1. The molecule has 6 rings (SSSR count). The van der Waals surface area contributed by atoms with Gasteiger partial charge in [0.15, 0.2) is 5.84 Å². The molecule has 3 aliphatic heterocycles. The maximum absolute atomic E-state index is 14.0. The van der Waals surface area contributed by atoms with Gasteiger partial charge in [-0.05, 0) is 67.9 Å². The Balaban J connectivity index is 1.30. The molecule has 2 fully saturated rings. The number of ether oxygens (including phenoxy) is 1. The Morgan fingerprint density at radius 3 is 2.69 bits per heavy atom. The molecule has 4 atom stereocenters. The van der Waals surface area contributed by atoms with Crippen LogP contribution in [0, 0.1) is 17.0 Å². The molecule has 1 saturated carbocycles. The Morgan fingerprint density at radius 1 is 1.17 bits per heavy atom. The summed E-state index contributed by atoms with van der Waals surface area (Å²) in [7, 11) is 1.66. The first-order chi connectivity index (χ1) is 17.3. The number of halogens is 2. The first-order valence-electron chi connectivity index (χ1n) is 12.4. The summed E-state index contributed by atoms with van der Waals surface area (Å²) in [6.07, 6.45) is 7.30. The Morgan fingerprint density at radius 2 is 1.97 bits per heavy atom. The maximum Gasteiger partial charge on any atom is 0.176 e. The van der Waals surface area contributed by atoms with Crippen molar-refractivity contribution < 1.29 is 23.5 Å². The molecule has 0 aromatic heterocycles. The number of allylic oxidation sites excluding steroid dienone is 2. The topological polar surface area (TPSA) is 66.7 Å². The second-order valence-corrected chi connectivity index (χ2v) is 10.4. The van der Waals surface area contributed by atoms with Gasteiger partial charge in [0.25, 0.3) is 0 Å². The monoisotopic (exact) mass is 493 g/mol. The molecular formula is C28H29F2N3O3. The van der Waals surface area contributed by atoms with Gasteiger partial charge in [-0.3, -0.25) is 4.99 Å². The van der Waals surface area contributed by atoms with E-state index in [9.17, 15) is 13.9 Å². The number of amidine groups is 1. The number of nitrogens with zero attached hydrogens (tertiary/aromatic N) is 3. The van der Waals surface area contributed by atoms with Crippen LogP contribution in [0.4, 0.5) is 8.78 Å². The third-order valence-corrected chi connectivity index (χ3v) is 8.19.